The molecular formula is C17H13ClN4OS2. The van der Waals surface area contributed by atoms with Crippen LogP contribution in [0.4, 0.5) is 5.69 Å². The molecule has 0 aliphatic rings. The van der Waals surface area contributed by atoms with E-state index in [0.717, 1.165) is 27.3 Å². The summed E-state index contributed by atoms with van der Waals surface area (Å²) in [4.78, 5) is 12.3. The van der Waals surface area contributed by atoms with Crippen molar-refractivity contribution in [2.45, 2.75) is 11.9 Å². The SMILES string of the molecule is Cc1c(Cl)cccc1NC(=O)CSc1nncn2c1cc1sccc12. The molecule has 4 rings (SSSR count). The van der Waals surface area contributed by atoms with E-state index in [2.05, 4.69) is 27.6 Å². The molecule has 8 heteroatoms. The number of carbonyl (C=O) groups excluding carboxylic acids is 1. The Morgan fingerprint density at radius 2 is 2.24 bits per heavy atom. The van der Waals surface area contributed by atoms with Crippen LogP contribution in [0.3, 0.4) is 0 Å². The van der Waals surface area contributed by atoms with Crippen molar-refractivity contribution in [3.05, 3.63) is 52.6 Å². The van der Waals surface area contributed by atoms with E-state index in [-0.39, 0.29) is 11.7 Å². The van der Waals surface area contributed by atoms with Gasteiger partial charge >= 0.3 is 0 Å². The second kappa shape index (κ2) is 6.67. The second-order valence-electron chi connectivity index (χ2n) is 5.46. The standard InChI is InChI=1S/C17H13ClN4OS2/c1-10-11(18)3-2-4-12(10)20-16(23)8-25-17-14-7-15-13(5-6-24-15)22(14)9-19-21-17/h2-7,9H,8H2,1H3,(H,20,23). The third-order valence-electron chi connectivity index (χ3n) is 3.88. The van der Waals surface area contributed by atoms with Crippen molar-refractivity contribution < 1.29 is 4.79 Å². The lowest BCUT2D eigenvalue weighted by Gasteiger charge is -2.09. The van der Waals surface area contributed by atoms with Gasteiger partial charge in [-0.3, -0.25) is 9.20 Å². The molecule has 25 heavy (non-hydrogen) atoms. The van der Waals surface area contributed by atoms with Crippen LogP contribution in [0.1, 0.15) is 5.56 Å². The molecule has 0 aliphatic heterocycles. The van der Waals surface area contributed by atoms with Gasteiger partial charge in [0.05, 0.1) is 21.5 Å². The number of rotatable bonds is 4. The molecule has 1 aromatic carbocycles. The van der Waals surface area contributed by atoms with E-state index in [0.29, 0.717) is 5.02 Å². The van der Waals surface area contributed by atoms with Crippen LogP contribution in [0.15, 0.2) is 47.1 Å². The molecule has 3 aromatic heterocycles. The maximum Gasteiger partial charge on any atom is 0.234 e. The van der Waals surface area contributed by atoms with Crippen LogP contribution in [-0.2, 0) is 4.79 Å². The monoisotopic (exact) mass is 388 g/mol. The molecular weight excluding hydrogens is 376 g/mol. The Hall–Kier alpha value is -2.09. The molecule has 1 N–H and O–H groups in total. The largest absolute Gasteiger partial charge is 0.325 e. The number of hydrogen-bond donors (Lipinski definition) is 1. The van der Waals surface area contributed by atoms with Crippen LogP contribution < -0.4 is 5.32 Å². The summed E-state index contributed by atoms with van der Waals surface area (Å²) in [6.45, 7) is 1.88. The van der Waals surface area contributed by atoms with E-state index >= 15 is 0 Å². The van der Waals surface area contributed by atoms with Crippen molar-refractivity contribution in [3.63, 3.8) is 0 Å². The molecule has 1 amide bonds. The summed E-state index contributed by atoms with van der Waals surface area (Å²) in [6.07, 6.45) is 1.70. The Labute approximate surface area is 157 Å². The second-order valence-corrected chi connectivity index (χ2v) is 7.77. The third kappa shape index (κ3) is 3.10. The van der Waals surface area contributed by atoms with Gasteiger partial charge in [-0.05, 0) is 42.1 Å². The van der Waals surface area contributed by atoms with Gasteiger partial charge in [0.15, 0.2) is 0 Å². The van der Waals surface area contributed by atoms with Gasteiger partial charge in [-0.25, -0.2) is 0 Å². The normalized spacial score (nSPS) is 11.3. The molecule has 0 radical (unpaired) electrons. The number of halogens is 1. The number of carbonyl (C=O) groups is 1. The fourth-order valence-electron chi connectivity index (χ4n) is 2.58. The summed E-state index contributed by atoms with van der Waals surface area (Å²) in [5.41, 5.74) is 3.66. The number of anilines is 1. The quantitative estimate of drug-likeness (QED) is 0.517. The highest BCUT2D eigenvalue weighted by Gasteiger charge is 2.13. The van der Waals surface area contributed by atoms with Crippen LogP contribution >= 0.6 is 34.7 Å². The number of fused-ring (bicyclic) bond motifs is 3. The van der Waals surface area contributed by atoms with Crippen LogP contribution in [0, 0.1) is 6.92 Å². The first-order chi connectivity index (χ1) is 12.1. The van der Waals surface area contributed by atoms with Gasteiger partial charge in [0.1, 0.15) is 11.4 Å². The minimum Gasteiger partial charge on any atom is -0.325 e. The summed E-state index contributed by atoms with van der Waals surface area (Å²) in [5.74, 6) is 0.145. The Kier molecular flexibility index (Phi) is 4.37. The van der Waals surface area contributed by atoms with Crippen molar-refractivity contribution in [3.8, 4) is 0 Å². The minimum atomic E-state index is -0.104. The van der Waals surface area contributed by atoms with Gasteiger partial charge in [0.2, 0.25) is 5.91 Å². The van der Waals surface area contributed by atoms with Gasteiger partial charge in [-0.2, -0.15) is 0 Å². The zero-order valence-electron chi connectivity index (χ0n) is 13.2. The fourth-order valence-corrected chi connectivity index (χ4v) is 4.32. The number of benzene rings is 1. The number of thioether (sulfide) groups is 1. The zero-order valence-corrected chi connectivity index (χ0v) is 15.6. The molecule has 5 nitrogen and oxygen atoms in total. The first kappa shape index (κ1) is 16.4. The van der Waals surface area contributed by atoms with Gasteiger partial charge in [-0.1, -0.05) is 29.4 Å². The van der Waals surface area contributed by atoms with E-state index in [1.54, 1.807) is 23.7 Å². The topological polar surface area (TPSA) is 59.3 Å². The number of aromatic nitrogens is 3. The molecule has 0 atom stereocenters. The lowest BCUT2D eigenvalue weighted by molar-refractivity contribution is -0.113. The third-order valence-corrected chi connectivity index (χ3v) is 6.11. The predicted octanol–water partition coefficient (Wildman–Crippen LogP) is 4.64. The molecule has 0 unspecified atom stereocenters. The van der Waals surface area contributed by atoms with E-state index < -0.39 is 0 Å². The highest BCUT2D eigenvalue weighted by molar-refractivity contribution is 8.00. The minimum absolute atomic E-state index is 0.104. The van der Waals surface area contributed by atoms with Gasteiger partial charge in [0.25, 0.3) is 0 Å². The van der Waals surface area contributed by atoms with Crippen LogP contribution in [-0.4, -0.2) is 26.3 Å². The maximum atomic E-state index is 12.3. The number of hydrogen-bond acceptors (Lipinski definition) is 5. The number of amides is 1. The number of nitrogens with one attached hydrogen (secondary N) is 1. The molecule has 126 valence electrons. The van der Waals surface area contributed by atoms with E-state index in [1.165, 1.54) is 16.5 Å². The first-order valence-corrected chi connectivity index (χ1v) is 9.75. The Bertz CT molecular complexity index is 1090. The maximum absolute atomic E-state index is 12.3. The average Bonchev–Trinajstić information content (AvgIpc) is 3.18. The van der Waals surface area contributed by atoms with E-state index in [1.807, 2.05) is 28.8 Å². The van der Waals surface area contributed by atoms with E-state index in [4.69, 9.17) is 11.6 Å². The van der Waals surface area contributed by atoms with Crippen molar-refractivity contribution in [1.29, 1.82) is 0 Å². The van der Waals surface area contributed by atoms with Crippen LogP contribution in [0.25, 0.3) is 15.7 Å². The average molecular weight is 389 g/mol. The van der Waals surface area contributed by atoms with Crippen LogP contribution in [0.5, 0.6) is 0 Å². The van der Waals surface area contributed by atoms with E-state index in [9.17, 15) is 4.79 Å². The fraction of sp³-hybridized carbons (Fsp3) is 0.118. The van der Waals surface area contributed by atoms with Crippen molar-refractivity contribution in [2.24, 2.45) is 0 Å². The van der Waals surface area contributed by atoms with Gasteiger partial charge in [0, 0.05) is 10.7 Å². The number of nitrogens with zero attached hydrogens (tertiary/aromatic N) is 3. The molecule has 0 spiro atoms. The molecule has 0 fully saturated rings. The van der Waals surface area contributed by atoms with Gasteiger partial charge in [-0.15, -0.1) is 21.5 Å². The Balaban J connectivity index is 1.52. The Morgan fingerprint density at radius 1 is 1.36 bits per heavy atom. The summed E-state index contributed by atoms with van der Waals surface area (Å²) in [7, 11) is 0. The van der Waals surface area contributed by atoms with Crippen molar-refractivity contribution in [1.82, 2.24) is 14.6 Å². The summed E-state index contributed by atoms with van der Waals surface area (Å²) in [6, 6.07) is 9.59. The highest BCUT2D eigenvalue weighted by Crippen LogP contribution is 2.30. The molecule has 0 saturated carbocycles. The summed E-state index contributed by atoms with van der Waals surface area (Å²) >= 11 is 9.13. The highest BCUT2D eigenvalue weighted by atomic mass is 35.5. The molecule has 0 saturated heterocycles. The first-order valence-electron chi connectivity index (χ1n) is 7.51. The number of thiophene rings is 1. The molecule has 0 aliphatic carbocycles. The zero-order chi connectivity index (χ0) is 17.4. The predicted molar refractivity (Wildman–Crippen MR) is 104 cm³/mol. The lowest BCUT2D eigenvalue weighted by Crippen LogP contribution is -2.15. The lowest BCUT2D eigenvalue weighted by atomic mass is 10.2. The summed E-state index contributed by atoms with van der Waals surface area (Å²) < 4.78 is 3.18. The van der Waals surface area contributed by atoms with Crippen molar-refractivity contribution in [2.75, 3.05) is 11.1 Å². The van der Waals surface area contributed by atoms with Crippen molar-refractivity contribution >= 4 is 62.0 Å². The molecule has 0 bridgehead atoms. The molecule has 4 aromatic rings. The smallest absolute Gasteiger partial charge is 0.234 e. The summed E-state index contributed by atoms with van der Waals surface area (Å²) in [5, 5.41) is 14.6. The van der Waals surface area contributed by atoms with Crippen LogP contribution in [0.2, 0.25) is 5.02 Å². The van der Waals surface area contributed by atoms with Gasteiger partial charge < -0.3 is 5.32 Å². The Morgan fingerprint density at radius 3 is 3.12 bits per heavy atom. The molecule has 3 heterocycles.